The summed E-state index contributed by atoms with van der Waals surface area (Å²) in [4.78, 5) is 22.7. The van der Waals surface area contributed by atoms with Crippen LogP contribution in [0.3, 0.4) is 0 Å². The smallest absolute Gasteiger partial charge is 0.148 e. The third-order valence-electron chi connectivity index (χ3n) is 6.03. The number of hydrogen-bond acceptors (Lipinski definition) is 5. The van der Waals surface area contributed by atoms with E-state index in [1.807, 2.05) is 36.7 Å². The van der Waals surface area contributed by atoms with Crippen molar-refractivity contribution in [3.8, 4) is 0 Å². The summed E-state index contributed by atoms with van der Waals surface area (Å²) in [5.41, 5.74) is 1.99. The third-order valence-corrected chi connectivity index (χ3v) is 6.03. The van der Waals surface area contributed by atoms with Gasteiger partial charge in [0, 0.05) is 49.8 Å². The molecule has 28 heavy (non-hydrogen) atoms. The Kier molecular flexibility index (Phi) is 6.45. The van der Waals surface area contributed by atoms with E-state index in [4.69, 9.17) is 9.47 Å². The molecule has 2 saturated heterocycles. The van der Waals surface area contributed by atoms with Gasteiger partial charge in [-0.3, -0.25) is 14.8 Å². The van der Waals surface area contributed by atoms with Crippen molar-refractivity contribution < 1.29 is 14.3 Å². The molecule has 0 saturated carbocycles. The summed E-state index contributed by atoms with van der Waals surface area (Å²) in [6.45, 7) is 2.83. The predicted molar refractivity (Wildman–Crippen MR) is 106 cm³/mol. The lowest BCUT2D eigenvalue weighted by Gasteiger charge is -2.35. The average Bonchev–Trinajstić information content (AvgIpc) is 2.77. The Balaban J connectivity index is 1.70. The van der Waals surface area contributed by atoms with Crippen molar-refractivity contribution in [3.63, 3.8) is 0 Å². The summed E-state index contributed by atoms with van der Waals surface area (Å²) in [5.74, 6) is 0.220. The van der Waals surface area contributed by atoms with E-state index in [9.17, 15) is 4.79 Å². The second kappa shape index (κ2) is 9.39. The van der Waals surface area contributed by atoms with Gasteiger partial charge < -0.3 is 9.47 Å². The number of hydrogen-bond donors (Lipinski definition) is 0. The SMILES string of the molecule is O=C(C(c1cccnc1)C1CCCOC1)C(c1cccnc1)C1CCCOC1. The van der Waals surface area contributed by atoms with Crippen LogP contribution in [-0.2, 0) is 14.3 Å². The Morgan fingerprint density at radius 2 is 1.36 bits per heavy atom. The van der Waals surface area contributed by atoms with Crippen LogP contribution in [0.1, 0.15) is 48.6 Å². The van der Waals surface area contributed by atoms with Crippen molar-refractivity contribution in [3.05, 3.63) is 60.2 Å². The molecule has 0 aliphatic carbocycles. The van der Waals surface area contributed by atoms with Crippen LogP contribution in [0.5, 0.6) is 0 Å². The van der Waals surface area contributed by atoms with Crippen molar-refractivity contribution in [2.75, 3.05) is 26.4 Å². The predicted octanol–water partition coefficient (Wildman–Crippen LogP) is 3.77. The maximum absolute atomic E-state index is 14.1. The molecule has 4 atom stereocenters. The minimum Gasteiger partial charge on any atom is -0.381 e. The second-order valence-electron chi connectivity index (χ2n) is 7.88. The number of ketones is 1. The van der Waals surface area contributed by atoms with Gasteiger partial charge in [0.1, 0.15) is 5.78 Å². The monoisotopic (exact) mass is 380 g/mol. The first-order valence-corrected chi connectivity index (χ1v) is 10.3. The van der Waals surface area contributed by atoms with Gasteiger partial charge in [-0.25, -0.2) is 0 Å². The minimum absolute atomic E-state index is 0.189. The van der Waals surface area contributed by atoms with E-state index in [1.165, 1.54) is 0 Å². The van der Waals surface area contributed by atoms with Crippen molar-refractivity contribution in [2.24, 2.45) is 11.8 Å². The number of pyridine rings is 2. The van der Waals surface area contributed by atoms with Gasteiger partial charge in [0.15, 0.2) is 0 Å². The quantitative estimate of drug-likeness (QED) is 0.763. The number of rotatable bonds is 6. The van der Waals surface area contributed by atoms with Crippen LogP contribution in [0.2, 0.25) is 0 Å². The summed E-state index contributed by atoms with van der Waals surface area (Å²) in [6, 6.07) is 7.90. The van der Waals surface area contributed by atoms with E-state index in [-0.39, 0.29) is 29.5 Å². The molecule has 5 heteroatoms. The molecule has 148 valence electrons. The lowest BCUT2D eigenvalue weighted by molar-refractivity contribution is -0.127. The molecule has 2 aliphatic rings. The molecule has 0 bridgehead atoms. The molecule has 4 heterocycles. The van der Waals surface area contributed by atoms with Gasteiger partial charge in [-0.05, 0) is 60.8 Å². The molecule has 2 aliphatic heterocycles. The summed E-state index contributed by atoms with van der Waals surface area (Å²) >= 11 is 0. The van der Waals surface area contributed by atoms with Crippen LogP contribution in [0.4, 0.5) is 0 Å². The highest BCUT2D eigenvalue weighted by atomic mass is 16.5. The van der Waals surface area contributed by atoms with Crippen LogP contribution in [0, 0.1) is 11.8 Å². The van der Waals surface area contributed by atoms with Gasteiger partial charge in [-0.1, -0.05) is 12.1 Å². The van der Waals surface area contributed by atoms with Gasteiger partial charge in [-0.2, -0.15) is 0 Å². The lowest BCUT2D eigenvalue weighted by atomic mass is 9.71. The van der Waals surface area contributed by atoms with Crippen LogP contribution in [0.15, 0.2) is 49.1 Å². The zero-order chi connectivity index (χ0) is 19.2. The van der Waals surface area contributed by atoms with Crippen LogP contribution in [-0.4, -0.2) is 42.2 Å². The number of aromatic nitrogens is 2. The Labute approximate surface area is 166 Å². The molecular weight excluding hydrogens is 352 g/mol. The normalized spacial score (nSPS) is 25.0. The highest BCUT2D eigenvalue weighted by Gasteiger charge is 2.40. The zero-order valence-corrected chi connectivity index (χ0v) is 16.2. The number of nitrogens with zero attached hydrogens (tertiary/aromatic N) is 2. The molecule has 0 N–H and O–H groups in total. The maximum atomic E-state index is 14.1. The highest BCUT2D eigenvalue weighted by Crippen LogP contribution is 2.40. The molecular formula is C23H28N2O3. The van der Waals surface area contributed by atoms with Crippen LogP contribution >= 0.6 is 0 Å². The number of carbonyl (C=O) groups is 1. The summed E-state index contributed by atoms with van der Waals surface area (Å²) in [5, 5.41) is 0. The molecule has 0 spiro atoms. The molecule has 4 rings (SSSR count). The van der Waals surface area contributed by atoms with Crippen LogP contribution in [0.25, 0.3) is 0 Å². The molecule has 0 amide bonds. The van der Waals surface area contributed by atoms with E-state index >= 15 is 0 Å². The van der Waals surface area contributed by atoms with E-state index in [1.54, 1.807) is 12.4 Å². The third kappa shape index (κ3) is 4.31. The Morgan fingerprint density at radius 1 is 0.857 bits per heavy atom. The fourth-order valence-electron chi connectivity index (χ4n) is 4.71. The first-order chi connectivity index (χ1) is 13.8. The highest BCUT2D eigenvalue weighted by molar-refractivity contribution is 5.92. The number of carbonyl (C=O) groups excluding carboxylic acids is 1. The fraction of sp³-hybridized carbons (Fsp3) is 0.522. The summed E-state index contributed by atoms with van der Waals surface area (Å²) in [6.07, 6.45) is 11.2. The molecule has 4 unspecified atom stereocenters. The first kappa shape index (κ1) is 19.2. The van der Waals surface area contributed by atoms with Crippen molar-refractivity contribution in [2.45, 2.75) is 37.5 Å². The molecule has 2 aromatic heterocycles. The van der Waals surface area contributed by atoms with Gasteiger partial charge in [0.2, 0.25) is 0 Å². The first-order valence-electron chi connectivity index (χ1n) is 10.3. The van der Waals surface area contributed by atoms with E-state index < -0.39 is 0 Å². The summed E-state index contributed by atoms with van der Waals surface area (Å²) < 4.78 is 11.5. The largest absolute Gasteiger partial charge is 0.381 e. The van der Waals surface area contributed by atoms with E-state index in [2.05, 4.69) is 9.97 Å². The van der Waals surface area contributed by atoms with Gasteiger partial charge in [0.05, 0.1) is 13.2 Å². The summed E-state index contributed by atoms with van der Waals surface area (Å²) in [7, 11) is 0. The Bertz CT molecular complexity index is 677. The minimum atomic E-state index is -0.207. The van der Waals surface area contributed by atoms with Crippen molar-refractivity contribution in [1.82, 2.24) is 9.97 Å². The molecule has 0 aromatic carbocycles. The lowest BCUT2D eigenvalue weighted by Crippen LogP contribution is -2.36. The molecule has 2 aromatic rings. The van der Waals surface area contributed by atoms with Crippen molar-refractivity contribution in [1.29, 1.82) is 0 Å². The van der Waals surface area contributed by atoms with Gasteiger partial charge >= 0.3 is 0 Å². The topological polar surface area (TPSA) is 61.3 Å². The van der Waals surface area contributed by atoms with Gasteiger partial charge in [0.25, 0.3) is 0 Å². The zero-order valence-electron chi connectivity index (χ0n) is 16.2. The van der Waals surface area contributed by atoms with E-state index in [0.29, 0.717) is 13.2 Å². The average molecular weight is 380 g/mol. The second-order valence-corrected chi connectivity index (χ2v) is 7.88. The van der Waals surface area contributed by atoms with Gasteiger partial charge in [-0.15, -0.1) is 0 Å². The number of Topliss-reactive ketones (excluding diaryl/α,β-unsaturated/α-hetero) is 1. The Hall–Kier alpha value is -2.11. The number of ether oxygens (including phenoxy) is 2. The van der Waals surface area contributed by atoms with E-state index in [0.717, 1.165) is 50.0 Å². The Morgan fingerprint density at radius 3 is 1.71 bits per heavy atom. The fourth-order valence-corrected chi connectivity index (χ4v) is 4.71. The van der Waals surface area contributed by atoms with Crippen LogP contribution < -0.4 is 0 Å². The maximum Gasteiger partial charge on any atom is 0.148 e. The standard InChI is InChI=1S/C23H28N2O3/c26-23(21(17-5-1-9-24-13-17)19-7-3-11-27-15-19)22(18-6-2-10-25-14-18)20-8-4-12-28-16-20/h1-2,5-6,9-10,13-14,19-22H,3-4,7-8,11-12,15-16H2. The molecule has 2 fully saturated rings. The van der Waals surface area contributed by atoms with Crippen molar-refractivity contribution >= 4 is 5.78 Å². The molecule has 5 nitrogen and oxygen atoms in total. The molecule has 0 radical (unpaired) electrons.